The number of hydrogen-bond donors (Lipinski definition) is 1. The van der Waals surface area contributed by atoms with Crippen LogP contribution in [0.5, 0.6) is 0 Å². The molecule has 0 radical (unpaired) electrons. The molecule has 22 heavy (non-hydrogen) atoms. The lowest BCUT2D eigenvalue weighted by Crippen LogP contribution is -2.50. The van der Waals surface area contributed by atoms with Crippen LogP contribution in [0.1, 0.15) is 39.7 Å². The number of aldehydes is 1. The van der Waals surface area contributed by atoms with Crippen LogP contribution in [0.4, 0.5) is 10.1 Å². The van der Waals surface area contributed by atoms with Crippen LogP contribution in [0.3, 0.4) is 0 Å². The Hall–Kier alpha value is -1.51. The molecular formula is C14H19FN2O4S. The predicted octanol–water partition coefficient (Wildman–Crippen LogP) is 2.59. The predicted molar refractivity (Wildman–Crippen MR) is 82.1 cm³/mol. The molecule has 1 aromatic rings. The van der Waals surface area contributed by atoms with Crippen molar-refractivity contribution in [1.29, 1.82) is 0 Å². The molecule has 0 fully saturated rings. The van der Waals surface area contributed by atoms with Gasteiger partial charge in [0.05, 0.1) is 10.5 Å². The Morgan fingerprint density at radius 1 is 1.36 bits per heavy atom. The normalized spacial score (nSPS) is 15.9. The first-order valence-electron chi connectivity index (χ1n) is 6.59. The number of rotatable bonds is 6. The zero-order valence-electron chi connectivity index (χ0n) is 12.9. The number of hydrogen-bond acceptors (Lipinski definition) is 5. The first-order chi connectivity index (χ1) is 10.0. The number of nitro groups is 1. The highest BCUT2D eigenvalue weighted by atomic mass is 32.2. The Kier molecular flexibility index (Phi) is 5.66. The fraction of sp³-hybridized carbons (Fsp3) is 0.500. The van der Waals surface area contributed by atoms with Gasteiger partial charge in [-0.25, -0.2) is 4.39 Å². The van der Waals surface area contributed by atoms with E-state index < -0.39 is 32.4 Å². The van der Waals surface area contributed by atoms with Crippen molar-refractivity contribution in [3.8, 4) is 0 Å². The molecule has 0 unspecified atom stereocenters. The molecule has 0 aliphatic rings. The molecule has 1 aromatic carbocycles. The van der Waals surface area contributed by atoms with Crippen LogP contribution >= 0.6 is 0 Å². The molecule has 122 valence electrons. The van der Waals surface area contributed by atoms with E-state index in [-0.39, 0.29) is 17.7 Å². The molecular weight excluding hydrogens is 311 g/mol. The van der Waals surface area contributed by atoms with Gasteiger partial charge in [-0.3, -0.25) is 10.1 Å². The molecule has 2 atom stereocenters. The van der Waals surface area contributed by atoms with Gasteiger partial charge >= 0.3 is 0 Å². The quantitative estimate of drug-likeness (QED) is 0.374. The van der Waals surface area contributed by atoms with Crippen molar-refractivity contribution >= 4 is 23.3 Å². The maximum absolute atomic E-state index is 14.1. The van der Waals surface area contributed by atoms with Crippen molar-refractivity contribution in [1.82, 2.24) is 4.72 Å². The molecule has 6 nitrogen and oxygen atoms in total. The minimum atomic E-state index is -1.58. The molecule has 0 heterocycles. The third-order valence-corrected chi connectivity index (χ3v) is 4.87. The van der Waals surface area contributed by atoms with Crippen LogP contribution in [-0.4, -0.2) is 20.5 Å². The summed E-state index contributed by atoms with van der Waals surface area (Å²) in [7, 11) is 0. The van der Waals surface area contributed by atoms with Crippen LogP contribution in [-0.2, 0) is 21.7 Å². The topological polar surface area (TPSA) is 95.3 Å². The van der Waals surface area contributed by atoms with E-state index in [0.29, 0.717) is 6.29 Å². The molecule has 0 aliphatic carbocycles. The third-order valence-electron chi connectivity index (χ3n) is 3.12. The monoisotopic (exact) mass is 330 g/mol. The van der Waals surface area contributed by atoms with Crippen LogP contribution in [0.15, 0.2) is 18.2 Å². The zero-order chi connectivity index (χ0) is 17.1. The number of non-ortho nitro benzene ring substituents is 1. The summed E-state index contributed by atoms with van der Waals surface area (Å²) >= 11 is -1.58. The number of carbonyl (C=O) groups excluding carboxylic acids is 1. The van der Waals surface area contributed by atoms with E-state index in [9.17, 15) is 23.9 Å². The minimum absolute atomic E-state index is 0.0635. The smallest absolute Gasteiger partial charge is 0.269 e. The number of nitrogens with zero attached hydrogens (tertiary/aromatic N) is 1. The summed E-state index contributed by atoms with van der Waals surface area (Å²) in [5.74, 6) is -0.701. The standard InChI is InChI=1S/C14H19FN2O4S/c1-13(2,3)22(21)16-14(4,7-8-18)11-9-10(17(19)20)5-6-12(11)15/h5-6,8-9,16H,7H2,1-4H3/t14-,22+/m0/s1. The van der Waals surface area contributed by atoms with E-state index in [1.165, 1.54) is 6.92 Å². The van der Waals surface area contributed by atoms with Crippen molar-refractivity contribution in [3.63, 3.8) is 0 Å². The van der Waals surface area contributed by atoms with E-state index in [4.69, 9.17) is 0 Å². The van der Waals surface area contributed by atoms with E-state index >= 15 is 0 Å². The zero-order valence-corrected chi connectivity index (χ0v) is 13.7. The third kappa shape index (κ3) is 4.25. The van der Waals surface area contributed by atoms with E-state index in [0.717, 1.165) is 18.2 Å². The van der Waals surface area contributed by atoms with Crippen molar-refractivity contribution in [2.24, 2.45) is 0 Å². The molecule has 0 aliphatic heterocycles. The highest BCUT2D eigenvalue weighted by molar-refractivity contribution is 7.90. The fourth-order valence-corrected chi connectivity index (χ4v) is 2.69. The molecule has 1 N–H and O–H groups in total. The van der Waals surface area contributed by atoms with E-state index in [2.05, 4.69) is 4.72 Å². The lowest BCUT2D eigenvalue weighted by atomic mass is 9.89. The SMILES string of the molecule is CC(C)(C)[S@@+]([O-])N[C@@](C)(CC=O)c1cc([N+](=O)[O-])ccc1F. The van der Waals surface area contributed by atoms with Crippen molar-refractivity contribution in [2.75, 3.05) is 0 Å². The van der Waals surface area contributed by atoms with Gasteiger partial charge in [-0.05, 0) is 33.8 Å². The average Bonchev–Trinajstić information content (AvgIpc) is 2.37. The van der Waals surface area contributed by atoms with Crippen LogP contribution in [0.25, 0.3) is 0 Å². The maximum Gasteiger partial charge on any atom is 0.269 e. The fourth-order valence-electron chi connectivity index (χ4n) is 1.78. The molecule has 0 saturated heterocycles. The molecule has 0 aromatic heterocycles. The summed E-state index contributed by atoms with van der Waals surface area (Å²) < 4.78 is 28.5. The minimum Gasteiger partial charge on any atom is -0.598 e. The van der Waals surface area contributed by atoms with Crippen molar-refractivity contribution in [2.45, 2.75) is 44.4 Å². The van der Waals surface area contributed by atoms with Gasteiger partial charge in [-0.15, -0.1) is 4.72 Å². The summed E-state index contributed by atoms with van der Waals surface area (Å²) in [6, 6.07) is 3.07. The second kappa shape index (κ2) is 6.72. The van der Waals surface area contributed by atoms with Gasteiger partial charge in [0.2, 0.25) is 0 Å². The summed E-state index contributed by atoms with van der Waals surface area (Å²) in [6.07, 6.45) is 0.387. The summed E-state index contributed by atoms with van der Waals surface area (Å²) in [5.41, 5.74) is -1.67. The number of nitro benzene ring substituents is 1. The Morgan fingerprint density at radius 3 is 2.41 bits per heavy atom. The highest BCUT2D eigenvalue weighted by Crippen LogP contribution is 2.32. The van der Waals surface area contributed by atoms with E-state index in [1.807, 2.05) is 0 Å². The molecule has 0 bridgehead atoms. The highest BCUT2D eigenvalue weighted by Gasteiger charge is 2.39. The number of halogens is 1. The average molecular weight is 330 g/mol. The van der Waals surface area contributed by atoms with Gasteiger partial charge in [-0.1, -0.05) is 0 Å². The van der Waals surface area contributed by atoms with E-state index in [1.54, 1.807) is 20.8 Å². The second-order valence-electron chi connectivity index (χ2n) is 6.11. The molecule has 0 amide bonds. The lowest BCUT2D eigenvalue weighted by Gasteiger charge is -2.34. The van der Waals surface area contributed by atoms with Gasteiger partial charge in [0, 0.05) is 35.5 Å². The Labute approximate surface area is 131 Å². The first kappa shape index (κ1) is 18.5. The molecule has 1 rings (SSSR count). The van der Waals surface area contributed by atoms with Gasteiger partial charge in [0.25, 0.3) is 5.69 Å². The van der Waals surface area contributed by atoms with Gasteiger partial charge < -0.3 is 9.35 Å². The largest absolute Gasteiger partial charge is 0.598 e. The number of benzene rings is 1. The molecule has 0 saturated carbocycles. The Balaban J connectivity index is 3.32. The Morgan fingerprint density at radius 2 is 1.95 bits per heavy atom. The summed E-state index contributed by atoms with van der Waals surface area (Å²) in [5, 5.41) is 10.9. The van der Waals surface area contributed by atoms with Crippen molar-refractivity contribution < 1.29 is 18.7 Å². The van der Waals surface area contributed by atoms with Crippen molar-refractivity contribution in [3.05, 3.63) is 39.7 Å². The van der Waals surface area contributed by atoms with Gasteiger partial charge in [0.15, 0.2) is 0 Å². The number of carbonyl (C=O) groups is 1. The van der Waals surface area contributed by atoms with Gasteiger partial charge in [0.1, 0.15) is 16.9 Å². The summed E-state index contributed by atoms with van der Waals surface area (Å²) in [4.78, 5) is 21.2. The number of nitrogens with one attached hydrogen (secondary N) is 1. The van der Waals surface area contributed by atoms with Gasteiger partial charge in [-0.2, -0.15) is 0 Å². The maximum atomic E-state index is 14.1. The van der Waals surface area contributed by atoms with Crippen LogP contribution < -0.4 is 4.72 Å². The summed E-state index contributed by atoms with van der Waals surface area (Å²) in [6.45, 7) is 6.66. The second-order valence-corrected chi connectivity index (χ2v) is 8.07. The first-order valence-corrected chi connectivity index (χ1v) is 7.74. The molecule has 8 heteroatoms. The van der Waals surface area contributed by atoms with Crippen LogP contribution in [0, 0.1) is 15.9 Å². The Bertz CT molecular complexity index is 576. The lowest BCUT2D eigenvalue weighted by molar-refractivity contribution is -0.385. The molecule has 0 spiro atoms. The van der Waals surface area contributed by atoms with Crippen LogP contribution in [0.2, 0.25) is 0 Å².